The van der Waals surface area contributed by atoms with Crippen LogP contribution >= 0.6 is 31.9 Å². The van der Waals surface area contributed by atoms with Crippen LogP contribution in [0.15, 0.2) is 21.1 Å². The summed E-state index contributed by atoms with van der Waals surface area (Å²) in [6.07, 6.45) is 0. The molecule has 0 unspecified atom stereocenters. The third kappa shape index (κ3) is 2.31. The highest BCUT2D eigenvalue weighted by atomic mass is 79.9. The lowest BCUT2D eigenvalue weighted by Gasteiger charge is -2.04. The van der Waals surface area contributed by atoms with Gasteiger partial charge in [0.05, 0.1) is 12.7 Å². The molecule has 0 radical (unpaired) electrons. The number of benzene rings is 1. The zero-order valence-corrected chi connectivity index (χ0v) is 10.4. The molecule has 0 heterocycles. The van der Waals surface area contributed by atoms with Gasteiger partial charge in [-0.25, -0.2) is 4.79 Å². The van der Waals surface area contributed by atoms with Crippen LogP contribution in [-0.2, 0) is 4.74 Å². The van der Waals surface area contributed by atoms with Crippen molar-refractivity contribution in [1.82, 2.24) is 0 Å². The average molecular weight is 308 g/mol. The summed E-state index contributed by atoms with van der Waals surface area (Å²) in [5, 5.41) is 0. The van der Waals surface area contributed by atoms with E-state index < -0.39 is 0 Å². The molecule has 0 aromatic heterocycles. The SMILES string of the molecule is COC(=O)c1cc(C)c(Br)c(Br)c1. The molecule has 0 amide bonds. The number of hydrogen-bond acceptors (Lipinski definition) is 2. The molecule has 0 saturated heterocycles. The molecule has 0 aliphatic carbocycles. The highest BCUT2D eigenvalue weighted by Crippen LogP contribution is 2.28. The van der Waals surface area contributed by atoms with E-state index in [0.29, 0.717) is 5.56 Å². The molecule has 2 nitrogen and oxygen atoms in total. The maximum absolute atomic E-state index is 11.2. The Hall–Kier alpha value is -0.350. The lowest BCUT2D eigenvalue weighted by molar-refractivity contribution is 0.0600. The fourth-order valence-electron chi connectivity index (χ4n) is 0.962. The van der Waals surface area contributed by atoms with Crippen molar-refractivity contribution >= 4 is 37.8 Å². The van der Waals surface area contributed by atoms with Crippen LogP contribution in [0.1, 0.15) is 15.9 Å². The van der Waals surface area contributed by atoms with Gasteiger partial charge in [0.1, 0.15) is 0 Å². The summed E-state index contributed by atoms with van der Waals surface area (Å²) in [4.78, 5) is 11.2. The van der Waals surface area contributed by atoms with E-state index >= 15 is 0 Å². The Morgan fingerprint density at radius 1 is 1.38 bits per heavy atom. The molecule has 0 aliphatic rings. The Morgan fingerprint density at radius 2 is 2.00 bits per heavy atom. The van der Waals surface area contributed by atoms with Gasteiger partial charge in [0.2, 0.25) is 0 Å². The molecule has 4 heteroatoms. The summed E-state index contributed by atoms with van der Waals surface area (Å²) < 4.78 is 6.42. The number of hydrogen-bond donors (Lipinski definition) is 0. The molecule has 1 rings (SSSR count). The number of methoxy groups -OCH3 is 1. The number of rotatable bonds is 1. The monoisotopic (exact) mass is 306 g/mol. The molecule has 0 atom stereocenters. The van der Waals surface area contributed by atoms with Crippen LogP contribution in [0.4, 0.5) is 0 Å². The normalized spacial score (nSPS) is 9.85. The summed E-state index contributed by atoms with van der Waals surface area (Å²) >= 11 is 6.73. The molecule has 13 heavy (non-hydrogen) atoms. The Bertz CT molecular complexity index is 324. The molecule has 0 fully saturated rings. The van der Waals surface area contributed by atoms with Gasteiger partial charge in [0.25, 0.3) is 0 Å². The third-order valence-corrected chi connectivity index (χ3v) is 3.84. The third-order valence-electron chi connectivity index (χ3n) is 1.63. The Labute approximate surface area is 93.5 Å². The highest BCUT2D eigenvalue weighted by molar-refractivity contribution is 9.13. The highest BCUT2D eigenvalue weighted by Gasteiger charge is 2.09. The molecule has 0 saturated carbocycles. The van der Waals surface area contributed by atoms with Gasteiger partial charge < -0.3 is 4.74 Å². The van der Waals surface area contributed by atoms with Gasteiger partial charge in [-0.15, -0.1) is 0 Å². The molecule has 0 spiro atoms. The number of carbonyl (C=O) groups excluding carboxylic acids is 1. The van der Waals surface area contributed by atoms with E-state index in [1.54, 1.807) is 12.1 Å². The molecule has 0 bridgehead atoms. The molecule has 0 N–H and O–H groups in total. The summed E-state index contributed by atoms with van der Waals surface area (Å²) in [5.74, 6) is -0.323. The Balaban J connectivity index is 3.20. The summed E-state index contributed by atoms with van der Waals surface area (Å²) in [7, 11) is 1.37. The van der Waals surface area contributed by atoms with Gasteiger partial charge >= 0.3 is 5.97 Å². The first-order chi connectivity index (χ1) is 6.06. The van der Waals surface area contributed by atoms with Crippen LogP contribution in [-0.4, -0.2) is 13.1 Å². The number of ether oxygens (including phenoxy) is 1. The maximum atomic E-state index is 11.2. The molecular weight excluding hydrogens is 300 g/mol. The van der Waals surface area contributed by atoms with Gasteiger partial charge in [-0.3, -0.25) is 0 Å². The first-order valence-corrected chi connectivity index (χ1v) is 5.19. The lowest BCUT2D eigenvalue weighted by Crippen LogP contribution is -2.01. The summed E-state index contributed by atoms with van der Waals surface area (Å²) in [5.41, 5.74) is 1.55. The van der Waals surface area contributed by atoms with Crippen molar-refractivity contribution in [1.29, 1.82) is 0 Å². The van der Waals surface area contributed by atoms with Gasteiger partial charge in [0.15, 0.2) is 0 Å². The van der Waals surface area contributed by atoms with Crippen LogP contribution in [0.3, 0.4) is 0 Å². The number of esters is 1. The van der Waals surface area contributed by atoms with Crippen molar-refractivity contribution in [3.8, 4) is 0 Å². The zero-order chi connectivity index (χ0) is 10.0. The zero-order valence-electron chi connectivity index (χ0n) is 7.23. The molecule has 0 aliphatic heterocycles. The fraction of sp³-hybridized carbons (Fsp3) is 0.222. The smallest absolute Gasteiger partial charge is 0.337 e. The van der Waals surface area contributed by atoms with Crippen LogP contribution in [0, 0.1) is 6.92 Å². The van der Waals surface area contributed by atoms with Crippen LogP contribution in [0.2, 0.25) is 0 Å². The summed E-state index contributed by atoms with van der Waals surface area (Å²) in [6.45, 7) is 1.92. The molecule has 1 aromatic carbocycles. The molecule has 70 valence electrons. The first-order valence-electron chi connectivity index (χ1n) is 3.60. The van der Waals surface area contributed by atoms with Gasteiger partial charge in [-0.2, -0.15) is 0 Å². The van der Waals surface area contributed by atoms with E-state index in [4.69, 9.17) is 0 Å². The van der Waals surface area contributed by atoms with E-state index in [2.05, 4.69) is 36.6 Å². The minimum Gasteiger partial charge on any atom is -0.465 e. The van der Waals surface area contributed by atoms with Crippen LogP contribution in [0.5, 0.6) is 0 Å². The minimum absolute atomic E-state index is 0.323. The van der Waals surface area contributed by atoms with Crippen molar-refractivity contribution in [2.45, 2.75) is 6.92 Å². The van der Waals surface area contributed by atoms with Crippen molar-refractivity contribution in [3.63, 3.8) is 0 Å². The topological polar surface area (TPSA) is 26.3 Å². The van der Waals surface area contributed by atoms with E-state index in [1.807, 2.05) is 6.92 Å². The van der Waals surface area contributed by atoms with Crippen molar-refractivity contribution in [3.05, 3.63) is 32.2 Å². The van der Waals surface area contributed by atoms with Crippen LogP contribution in [0.25, 0.3) is 0 Å². The minimum atomic E-state index is -0.323. The number of carbonyl (C=O) groups is 1. The van der Waals surface area contributed by atoms with Gasteiger partial charge in [-0.05, 0) is 56.5 Å². The molecular formula is C9H8Br2O2. The van der Waals surface area contributed by atoms with E-state index in [-0.39, 0.29) is 5.97 Å². The first kappa shape index (κ1) is 10.7. The van der Waals surface area contributed by atoms with E-state index in [1.165, 1.54) is 7.11 Å². The van der Waals surface area contributed by atoms with Crippen molar-refractivity contribution in [2.75, 3.05) is 7.11 Å². The van der Waals surface area contributed by atoms with Gasteiger partial charge in [0, 0.05) is 8.95 Å². The number of aryl methyl sites for hydroxylation is 1. The van der Waals surface area contributed by atoms with E-state index in [9.17, 15) is 4.79 Å². The predicted octanol–water partition coefficient (Wildman–Crippen LogP) is 3.31. The second kappa shape index (κ2) is 4.24. The average Bonchev–Trinajstić information content (AvgIpc) is 2.12. The Morgan fingerprint density at radius 3 is 2.46 bits per heavy atom. The predicted molar refractivity (Wildman–Crippen MR) is 57.9 cm³/mol. The maximum Gasteiger partial charge on any atom is 0.337 e. The van der Waals surface area contributed by atoms with Crippen molar-refractivity contribution in [2.24, 2.45) is 0 Å². The van der Waals surface area contributed by atoms with E-state index in [0.717, 1.165) is 14.5 Å². The van der Waals surface area contributed by atoms with Crippen LogP contribution < -0.4 is 0 Å². The standard InChI is InChI=1S/C9H8Br2O2/c1-5-3-6(9(12)13-2)4-7(10)8(5)11/h3-4H,1-2H3. The second-order valence-electron chi connectivity index (χ2n) is 2.58. The summed E-state index contributed by atoms with van der Waals surface area (Å²) in [6, 6.07) is 3.50. The van der Waals surface area contributed by atoms with Gasteiger partial charge in [-0.1, -0.05) is 0 Å². The number of halogens is 2. The Kier molecular flexibility index (Phi) is 3.50. The largest absolute Gasteiger partial charge is 0.465 e. The lowest BCUT2D eigenvalue weighted by atomic mass is 10.1. The molecule has 1 aromatic rings. The quantitative estimate of drug-likeness (QED) is 0.744. The second-order valence-corrected chi connectivity index (χ2v) is 4.23. The van der Waals surface area contributed by atoms with Crippen molar-refractivity contribution < 1.29 is 9.53 Å². The fourth-order valence-corrected chi connectivity index (χ4v) is 1.75.